The van der Waals surface area contributed by atoms with Crippen molar-refractivity contribution in [3.05, 3.63) is 42.4 Å². The van der Waals surface area contributed by atoms with Crippen LogP contribution in [-0.2, 0) is 0 Å². The summed E-state index contributed by atoms with van der Waals surface area (Å²) in [6.45, 7) is 5.37. The van der Waals surface area contributed by atoms with Crippen LogP contribution in [0.3, 0.4) is 0 Å². The van der Waals surface area contributed by atoms with Gasteiger partial charge in [0.2, 0.25) is 11.8 Å². The van der Waals surface area contributed by atoms with E-state index in [1.54, 1.807) is 30.7 Å². The van der Waals surface area contributed by atoms with E-state index in [1.165, 1.54) is 7.11 Å². The number of carbonyl (C=O) groups is 1. The number of pyridine rings is 1. The minimum Gasteiger partial charge on any atom is -0.480 e. The molecule has 1 saturated heterocycles. The molecule has 8 nitrogen and oxygen atoms in total. The lowest BCUT2D eigenvalue weighted by Crippen LogP contribution is -2.47. The molecular weight excluding hydrogens is 332 g/mol. The lowest BCUT2D eigenvalue weighted by Gasteiger charge is -2.34. The number of ether oxygens (including phenoxy) is 1. The maximum absolute atomic E-state index is 12.2. The third-order valence-corrected chi connectivity index (χ3v) is 4.35. The van der Waals surface area contributed by atoms with E-state index in [-0.39, 0.29) is 5.91 Å². The van der Waals surface area contributed by atoms with Crippen molar-refractivity contribution in [3.63, 3.8) is 0 Å². The molecule has 1 amide bonds. The van der Waals surface area contributed by atoms with E-state index >= 15 is 0 Å². The number of hydrogen-bond acceptors (Lipinski definition) is 7. The third kappa shape index (κ3) is 4.66. The number of anilines is 1. The Balaban J connectivity index is 1.36. The number of nitrogens with one attached hydrogen (secondary N) is 1. The van der Waals surface area contributed by atoms with Gasteiger partial charge in [-0.3, -0.25) is 9.69 Å². The van der Waals surface area contributed by atoms with Crippen molar-refractivity contribution >= 4 is 11.9 Å². The van der Waals surface area contributed by atoms with Crippen LogP contribution in [0.2, 0.25) is 0 Å². The smallest absolute Gasteiger partial charge is 0.256 e. The number of methoxy groups -OCH3 is 1. The molecular formula is C18H24N6O2. The van der Waals surface area contributed by atoms with Gasteiger partial charge in [-0.05, 0) is 31.2 Å². The highest BCUT2D eigenvalue weighted by Crippen LogP contribution is 2.13. The van der Waals surface area contributed by atoms with Gasteiger partial charge in [-0.2, -0.15) is 0 Å². The van der Waals surface area contributed by atoms with Crippen molar-refractivity contribution in [1.82, 2.24) is 25.2 Å². The second kappa shape index (κ2) is 9.10. The first-order valence-electron chi connectivity index (χ1n) is 8.79. The Labute approximate surface area is 153 Å². The molecule has 0 unspecified atom stereocenters. The molecule has 8 heteroatoms. The van der Waals surface area contributed by atoms with Gasteiger partial charge in [0, 0.05) is 51.3 Å². The summed E-state index contributed by atoms with van der Waals surface area (Å²) < 4.78 is 5.12. The monoisotopic (exact) mass is 356 g/mol. The lowest BCUT2D eigenvalue weighted by atomic mass is 10.2. The molecule has 0 aromatic carbocycles. The van der Waals surface area contributed by atoms with Gasteiger partial charge in [0.05, 0.1) is 7.11 Å². The second-order valence-electron chi connectivity index (χ2n) is 6.05. The second-order valence-corrected chi connectivity index (χ2v) is 6.05. The van der Waals surface area contributed by atoms with Crippen molar-refractivity contribution in [2.75, 3.05) is 51.3 Å². The van der Waals surface area contributed by atoms with Crippen LogP contribution in [0.25, 0.3) is 0 Å². The summed E-state index contributed by atoms with van der Waals surface area (Å²) in [5.41, 5.74) is 0.464. The Morgan fingerprint density at radius 2 is 1.85 bits per heavy atom. The van der Waals surface area contributed by atoms with E-state index in [1.807, 2.05) is 6.07 Å². The number of aromatic nitrogens is 3. The SMILES string of the molecule is COc1ncccc1C(=O)NCCCN1CCN(c2ncccn2)CC1. The van der Waals surface area contributed by atoms with Gasteiger partial charge >= 0.3 is 0 Å². The molecule has 0 saturated carbocycles. The standard InChI is InChI=1S/C18H24N6O2/c1-26-17-15(5-2-6-20-17)16(25)19-9-4-10-23-11-13-24(14-12-23)18-21-7-3-8-22-18/h2-3,5-8H,4,9-14H2,1H3,(H,19,25). The van der Waals surface area contributed by atoms with E-state index in [0.717, 1.165) is 45.1 Å². The Hall–Kier alpha value is -2.74. The van der Waals surface area contributed by atoms with Gasteiger partial charge in [0.25, 0.3) is 5.91 Å². The highest BCUT2D eigenvalue weighted by atomic mass is 16.5. The fourth-order valence-corrected chi connectivity index (χ4v) is 2.95. The van der Waals surface area contributed by atoms with E-state index in [4.69, 9.17) is 4.74 Å². The van der Waals surface area contributed by atoms with E-state index < -0.39 is 0 Å². The molecule has 1 aliphatic heterocycles. The molecule has 0 atom stereocenters. The van der Waals surface area contributed by atoms with E-state index in [2.05, 4.69) is 30.1 Å². The van der Waals surface area contributed by atoms with Crippen LogP contribution in [0.1, 0.15) is 16.8 Å². The van der Waals surface area contributed by atoms with Gasteiger partial charge in [0.1, 0.15) is 5.56 Å². The average Bonchev–Trinajstić information content (AvgIpc) is 2.72. The maximum atomic E-state index is 12.2. The van der Waals surface area contributed by atoms with Gasteiger partial charge in [-0.25, -0.2) is 15.0 Å². The number of nitrogens with zero attached hydrogens (tertiary/aromatic N) is 5. The molecule has 1 N–H and O–H groups in total. The van der Waals surface area contributed by atoms with Gasteiger partial charge in [-0.15, -0.1) is 0 Å². The highest BCUT2D eigenvalue weighted by Gasteiger charge is 2.18. The molecule has 26 heavy (non-hydrogen) atoms. The normalized spacial score (nSPS) is 14.9. The van der Waals surface area contributed by atoms with Gasteiger partial charge < -0.3 is 15.0 Å². The van der Waals surface area contributed by atoms with Crippen molar-refractivity contribution in [2.45, 2.75) is 6.42 Å². The van der Waals surface area contributed by atoms with Crippen LogP contribution in [0, 0.1) is 0 Å². The molecule has 138 valence electrons. The molecule has 1 aliphatic rings. The quantitative estimate of drug-likeness (QED) is 0.736. The predicted octanol–water partition coefficient (Wildman–Crippen LogP) is 0.822. The summed E-state index contributed by atoms with van der Waals surface area (Å²) >= 11 is 0. The van der Waals surface area contributed by atoms with Crippen LogP contribution in [0.4, 0.5) is 5.95 Å². The topological polar surface area (TPSA) is 83.5 Å². The van der Waals surface area contributed by atoms with Crippen molar-refractivity contribution in [2.24, 2.45) is 0 Å². The Kier molecular flexibility index (Phi) is 6.32. The summed E-state index contributed by atoms with van der Waals surface area (Å²) in [6, 6.07) is 5.27. The average molecular weight is 356 g/mol. The zero-order chi connectivity index (χ0) is 18.2. The fraction of sp³-hybridized carbons (Fsp3) is 0.444. The summed E-state index contributed by atoms with van der Waals surface area (Å²) in [4.78, 5) is 29.5. The van der Waals surface area contributed by atoms with Crippen molar-refractivity contribution in [3.8, 4) is 5.88 Å². The summed E-state index contributed by atoms with van der Waals surface area (Å²) in [6.07, 6.45) is 6.05. The number of piperazine rings is 1. The predicted molar refractivity (Wildman–Crippen MR) is 98.4 cm³/mol. The molecule has 0 radical (unpaired) electrons. The number of amides is 1. The minimum absolute atomic E-state index is 0.152. The Morgan fingerprint density at radius 3 is 2.58 bits per heavy atom. The molecule has 0 bridgehead atoms. The first-order chi connectivity index (χ1) is 12.8. The number of carbonyl (C=O) groups excluding carboxylic acids is 1. The molecule has 3 rings (SSSR count). The zero-order valence-corrected chi connectivity index (χ0v) is 15.0. The van der Waals surface area contributed by atoms with Crippen LogP contribution in [0.15, 0.2) is 36.8 Å². The molecule has 2 aromatic rings. The molecule has 2 aromatic heterocycles. The highest BCUT2D eigenvalue weighted by molar-refractivity contribution is 5.96. The Morgan fingerprint density at radius 1 is 1.12 bits per heavy atom. The van der Waals surface area contributed by atoms with Crippen LogP contribution in [-0.4, -0.2) is 72.1 Å². The summed E-state index contributed by atoms with van der Waals surface area (Å²) in [7, 11) is 1.51. The van der Waals surface area contributed by atoms with Crippen molar-refractivity contribution in [1.29, 1.82) is 0 Å². The van der Waals surface area contributed by atoms with Crippen molar-refractivity contribution < 1.29 is 9.53 Å². The maximum Gasteiger partial charge on any atom is 0.256 e. The Bertz CT molecular complexity index is 704. The van der Waals surface area contributed by atoms with Crippen LogP contribution < -0.4 is 15.0 Å². The largest absolute Gasteiger partial charge is 0.480 e. The first-order valence-corrected chi connectivity index (χ1v) is 8.79. The number of hydrogen-bond donors (Lipinski definition) is 1. The zero-order valence-electron chi connectivity index (χ0n) is 15.0. The van der Waals surface area contributed by atoms with Crippen LogP contribution in [0.5, 0.6) is 5.88 Å². The molecule has 0 aliphatic carbocycles. The molecule has 0 spiro atoms. The third-order valence-electron chi connectivity index (χ3n) is 4.35. The van der Waals surface area contributed by atoms with Crippen LogP contribution >= 0.6 is 0 Å². The van der Waals surface area contributed by atoms with Gasteiger partial charge in [0.15, 0.2) is 0 Å². The number of rotatable bonds is 7. The summed E-state index contributed by atoms with van der Waals surface area (Å²) in [5, 5.41) is 2.93. The van der Waals surface area contributed by atoms with Gasteiger partial charge in [-0.1, -0.05) is 0 Å². The summed E-state index contributed by atoms with van der Waals surface area (Å²) in [5.74, 6) is 0.995. The lowest BCUT2D eigenvalue weighted by molar-refractivity contribution is 0.0947. The first kappa shape index (κ1) is 18.1. The molecule has 1 fully saturated rings. The van der Waals surface area contributed by atoms with E-state index in [0.29, 0.717) is 18.0 Å². The molecule has 3 heterocycles. The minimum atomic E-state index is -0.152. The fourth-order valence-electron chi connectivity index (χ4n) is 2.95. The van der Waals surface area contributed by atoms with E-state index in [9.17, 15) is 4.79 Å².